The molecule has 0 amide bonds. The third-order valence-corrected chi connectivity index (χ3v) is 7.60. The highest BCUT2D eigenvalue weighted by molar-refractivity contribution is 9.10. The van der Waals surface area contributed by atoms with Gasteiger partial charge in [0.2, 0.25) is 0 Å². The fourth-order valence-corrected chi connectivity index (χ4v) is 3.29. The maximum atomic E-state index is 3.48. The normalized spacial score (nSPS) is 12.2. The van der Waals surface area contributed by atoms with Gasteiger partial charge in [-0.2, -0.15) is 0 Å². The van der Waals surface area contributed by atoms with E-state index >= 15 is 0 Å². The molecule has 0 aliphatic heterocycles. The minimum Gasteiger partial charge on any atom is -0.0925 e. The summed E-state index contributed by atoms with van der Waals surface area (Å²) in [6.07, 6.45) is 3.79. The first-order valence-corrected chi connectivity index (χ1v) is 12.4. The van der Waals surface area contributed by atoms with Crippen LogP contribution in [0.25, 0.3) is 0 Å². The van der Waals surface area contributed by atoms with E-state index in [1.54, 1.807) is 5.56 Å². The van der Waals surface area contributed by atoms with Crippen molar-refractivity contribution in [3.8, 4) is 0 Å². The van der Waals surface area contributed by atoms with E-state index in [0.717, 1.165) is 17.2 Å². The van der Waals surface area contributed by atoms with Gasteiger partial charge < -0.3 is 0 Å². The van der Waals surface area contributed by atoms with Crippen LogP contribution in [0.4, 0.5) is 0 Å². The van der Waals surface area contributed by atoms with Crippen molar-refractivity contribution >= 4 is 31.9 Å². The predicted molar refractivity (Wildman–Crippen MR) is 136 cm³/mol. The topological polar surface area (TPSA) is 0 Å². The molecule has 0 saturated heterocycles. The third kappa shape index (κ3) is 10.8. The second-order valence-electron chi connectivity index (χ2n) is 7.96. The van der Waals surface area contributed by atoms with Gasteiger partial charge in [0.1, 0.15) is 0 Å². The molecule has 2 aromatic carbocycles. The van der Waals surface area contributed by atoms with E-state index in [0.29, 0.717) is 0 Å². The lowest BCUT2D eigenvalue weighted by molar-refractivity contribution is 0.557. The maximum absolute atomic E-state index is 3.48. The Kier molecular flexibility index (Phi) is 14.9. The number of rotatable bonds is 5. The SMILES string of the molecule is CCC(C)CBr.CCC(C)Cc1c(C)cccc1C.Cc1cccc(C)c1Br. The van der Waals surface area contributed by atoms with Gasteiger partial charge >= 0.3 is 0 Å². The summed E-state index contributed by atoms with van der Waals surface area (Å²) in [5, 5.41) is 1.14. The zero-order chi connectivity index (χ0) is 21.7. The summed E-state index contributed by atoms with van der Waals surface area (Å²) in [4.78, 5) is 0. The molecule has 0 radical (unpaired) electrons. The lowest BCUT2D eigenvalue weighted by Gasteiger charge is -2.13. The van der Waals surface area contributed by atoms with Gasteiger partial charge in [-0.3, -0.25) is 0 Å². The molecule has 2 atom stereocenters. The molecule has 2 unspecified atom stereocenters. The van der Waals surface area contributed by atoms with Crippen LogP contribution < -0.4 is 0 Å². The van der Waals surface area contributed by atoms with Crippen molar-refractivity contribution in [3.63, 3.8) is 0 Å². The molecule has 0 fully saturated rings. The van der Waals surface area contributed by atoms with Crippen LogP contribution in [0, 0.1) is 39.5 Å². The van der Waals surface area contributed by atoms with Crippen LogP contribution in [0.1, 0.15) is 68.4 Å². The van der Waals surface area contributed by atoms with Gasteiger partial charge in [0.15, 0.2) is 0 Å². The highest BCUT2D eigenvalue weighted by Gasteiger charge is 2.05. The maximum Gasteiger partial charge on any atom is 0.0233 e. The van der Waals surface area contributed by atoms with Crippen molar-refractivity contribution in [1.29, 1.82) is 0 Å². The first-order valence-electron chi connectivity index (χ1n) is 10.5. The fraction of sp³-hybridized carbons (Fsp3) is 0.538. The molecule has 0 spiro atoms. The molecule has 0 aromatic heterocycles. The molecule has 0 N–H and O–H groups in total. The highest BCUT2D eigenvalue weighted by Crippen LogP contribution is 2.19. The van der Waals surface area contributed by atoms with E-state index in [9.17, 15) is 0 Å². The summed E-state index contributed by atoms with van der Waals surface area (Å²) in [7, 11) is 0. The summed E-state index contributed by atoms with van der Waals surface area (Å²) in [6, 6.07) is 12.8. The van der Waals surface area contributed by atoms with Crippen LogP contribution >= 0.6 is 31.9 Å². The quantitative estimate of drug-likeness (QED) is 0.350. The van der Waals surface area contributed by atoms with Crippen molar-refractivity contribution in [2.75, 3.05) is 5.33 Å². The minimum atomic E-state index is 0.805. The van der Waals surface area contributed by atoms with Gasteiger partial charge in [-0.05, 0) is 73.8 Å². The van der Waals surface area contributed by atoms with Gasteiger partial charge in [-0.1, -0.05) is 109 Å². The Hall–Kier alpha value is -0.600. The van der Waals surface area contributed by atoms with E-state index in [2.05, 4.69) is 124 Å². The monoisotopic (exact) mass is 510 g/mol. The summed E-state index contributed by atoms with van der Waals surface area (Å²) in [5.41, 5.74) is 7.04. The van der Waals surface area contributed by atoms with Gasteiger partial charge in [0.25, 0.3) is 0 Å². The number of halogens is 2. The Balaban J connectivity index is 0.000000423. The Labute approximate surface area is 191 Å². The zero-order valence-corrected chi connectivity index (χ0v) is 22.4. The average Bonchev–Trinajstić information content (AvgIpc) is 2.69. The van der Waals surface area contributed by atoms with E-state index in [1.807, 2.05) is 0 Å². The smallest absolute Gasteiger partial charge is 0.0233 e. The molecule has 2 heteroatoms. The second-order valence-corrected chi connectivity index (χ2v) is 9.40. The molecule has 2 aromatic rings. The van der Waals surface area contributed by atoms with Gasteiger partial charge in [-0.25, -0.2) is 0 Å². The van der Waals surface area contributed by atoms with Crippen molar-refractivity contribution in [2.24, 2.45) is 11.8 Å². The molecule has 0 aliphatic carbocycles. The van der Waals surface area contributed by atoms with Crippen LogP contribution in [0.2, 0.25) is 0 Å². The van der Waals surface area contributed by atoms with Crippen LogP contribution in [0.5, 0.6) is 0 Å². The molecule has 0 aliphatic rings. The minimum absolute atomic E-state index is 0.805. The lowest BCUT2D eigenvalue weighted by atomic mass is 9.92. The third-order valence-electron chi connectivity index (χ3n) is 5.24. The van der Waals surface area contributed by atoms with Crippen molar-refractivity contribution < 1.29 is 0 Å². The first kappa shape index (κ1) is 27.4. The van der Waals surface area contributed by atoms with E-state index in [1.165, 1.54) is 46.0 Å². The van der Waals surface area contributed by atoms with Crippen molar-refractivity contribution in [3.05, 3.63) is 68.7 Å². The number of hydrogen-bond donors (Lipinski definition) is 0. The van der Waals surface area contributed by atoms with Gasteiger partial charge in [0, 0.05) is 9.80 Å². The number of aryl methyl sites for hydroxylation is 4. The molecule has 0 bridgehead atoms. The Morgan fingerprint density at radius 3 is 1.39 bits per heavy atom. The van der Waals surface area contributed by atoms with Crippen molar-refractivity contribution in [1.82, 2.24) is 0 Å². The first-order chi connectivity index (χ1) is 13.2. The summed E-state index contributed by atoms with van der Waals surface area (Å²) >= 11 is 6.85. The van der Waals surface area contributed by atoms with Gasteiger partial charge in [0.05, 0.1) is 0 Å². The van der Waals surface area contributed by atoms with Crippen molar-refractivity contribution in [2.45, 2.75) is 74.7 Å². The molecular weight excluding hydrogens is 472 g/mol. The average molecular weight is 512 g/mol. The van der Waals surface area contributed by atoms with Crippen LogP contribution in [0.15, 0.2) is 40.9 Å². The largest absolute Gasteiger partial charge is 0.0925 e. The molecule has 0 saturated carbocycles. The van der Waals surface area contributed by atoms with E-state index < -0.39 is 0 Å². The molecule has 0 nitrogen and oxygen atoms in total. The molecule has 28 heavy (non-hydrogen) atoms. The van der Waals surface area contributed by atoms with Crippen LogP contribution in [0.3, 0.4) is 0 Å². The fourth-order valence-electron chi connectivity index (χ4n) is 2.57. The standard InChI is InChI=1S/C13H20.C8H9Br.C5H11Br/c1-5-10(2)9-13-11(3)7-6-8-12(13)4;1-6-4-3-5-7(2)8(6)9;1-3-5(2)4-6/h6-8,10H,5,9H2,1-4H3;3-5H,1-2H3;5H,3-4H2,1-2H3. The summed E-state index contributed by atoms with van der Waals surface area (Å²) in [5.74, 6) is 1.66. The Bertz CT molecular complexity index is 632. The van der Waals surface area contributed by atoms with E-state index in [-0.39, 0.29) is 0 Å². The zero-order valence-electron chi connectivity index (χ0n) is 19.2. The predicted octanol–water partition coefficient (Wildman–Crippen LogP) is 9.39. The summed E-state index contributed by atoms with van der Waals surface area (Å²) < 4.78 is 1.23. The van der Waals surface area contributed by atoms with Crippen LogP contribution in [-0.4, -0.2) is 5.33 Å². The van der Waals surface area contributed by atoms with E-state index in [4.69, 9.17) is 0 Å². The lowest BCUT2D eigenvalue weighted by Crippen LogP contribution is -2.01. The van der Waals surface area contributed by atoms with Gasteiger partial charge in [-0.15, -0.1) is 0 Å². The molecule has 2 rings (SSSR count). The molecule has 158 valence electrons. The second kappa shape index (κ2) is 15.3. The molecular formula is C26H40Br2. The van der Waals surface area contributed by atoms with Crippen LogP contribution in [-0.2, 0) is 6.42 Å². The highest BCUT2D eigenvalue weighted by atomic mass is 79.9. The molecule has 0 heterocycles. The number of hydrogen-bond acceptors (Lipinski definition) is 0. The number of benzene rings is 2. The Morgan fingerprint density at radius 2 is 1.11 bits per heavy atom. The Morgan fingerprint density at radius 1 is 0.714 bits per heavy atom. The number of alkyl halides is 1. The summed E-state index contributed by atoms with van der Waals surface area (Å²) in [6.45, 7) is 17.6.